The van der Waals surface area contributed by atoms with Gasteiger partial charge in [-0.2, -0.15) is 0 Å². The Bertz CT molecular complexity index is 919. The van der Waals surface area contributed by atoms with Crippen LogP contribution in [0.1, 0.15) is 46.2 Å². The summed E-state index contributed by atoms with van der Waals surface area (Å²) >= 11 is 0. The molecule has 0 saturated heterocycles. The summed E-state index contributed by atoms with van der Waals surface area (Å²) in [7, 11) is 1.86. The molecular weight excluding hydrogens is 312 g/mol. The Balaban J connectivity index is 2.35. The van der Waals surface area contributed by atoms with Crippen LogP contribution in [0.25, 0.3) is 22.2 Å². The number of rotatable bonds is 3. The van der Waals surface area contributed by atoms with Gasteiger partial charge in [0.1, 0.15) is 23.5 Å². The molecule has 0 unspecified atom stereocenters. The fraction of sp³-hybridized carbons (Fsp3) is 0.400. The van der Waals surface area contributed by atoms with Crippen LogP contribution in [0.3, 0.4) is 0 Å². The van der Waals surface area contributed by atoms with E-state index in [1.54, 1.807) is 12.4 Å². The van der Waals surface area contributed by atoms with E-state index in [9.17, 15) is 5.11 Å². The average Bonchev–Trinajstić information content (AvgIpc) is 2.93. The second-order valence-corrected chi connectivity index (χ2v) is 7.73. The van der Waals surface area contributed by atoms with Gasteiger partial charge in [0.05, 0.1) is 5.39 Å². The summed E-state index contributed by atoms with van der Waals surface area (Å²) in [6.07, 6.45) is 3.69. The number of phenolic OH excluding ortho intramolecular Hbond substituents is 1. The van der Waals surface area contributed by atoms with E-state index in [0.717, 1.165) is 33.5 Å². The largest absolute Gasteiger partial charge is 0.508 e. The highest BCUT2D eigenvalue weighted by Crippen LogP contribution is 2.38. The summed E-state index contributed by atoms with van der Waals surface area (Å²) < 4.78 is 2.15. The molecule has 1 aromatic carbocycles. The summed E-state index contributed by atoms with van der Waals surface area (Å²) in [5.41, 5.74) is 3.93. The molecule has 0 aliphatic carbocycles. The van der Waals surface area contributed by atoms with Gasteiger partial charge in [-0.3, -0.25) is 0 Å². The number of hydrogen-bond acceptors (Lipinski definition) is 4. The zero-order valence-electron chi connectivity index (χ0n) is 15.8. The zero-order chi connectivity index (χ0) is 18.4. The first-order chi connectivity index (χ1) is 11.7. The number of aromatic hydroxyl groups is 1. The molecule has 0 bridgehead atoms. The number of aromatic nitrogens is 3. The zero-order valence-corrected chi connectivity index (χ0v) is 15.8. The molecule has 0 spiro atoms. The molecule has 5 nitrogen and oxygen atoms in total. The Hall–Kier alpha value is -2.56. The second-order valence-electron chi connectivity index (χ2n) is 7.73. The Morgan fingerprint density at radius 1 is 1.12 bits per heavy atom. The van der Waals surface area contributed by atoms with Crippen molar-refractivity contribution in [3.8, 4) is 16.9 Å². The van der Waals surface area contributed by atoms with Gasteiger partial charge >= 0.3 is 0 Å². The highest BCUT2D eigenvalue weighted by atomic mass is 16.3. The maximum atomic E-state index is 10.3. The van der Waals surface area contributed by atoms with Gasteiger partial charge < -0.3 is 15.0 Å². The van der Waals surface area contributed by atoms with Crippen LogP contribution in [0.15, 0.2) is 30.7 Å². The molecule has 0 aliphatic rings. The van der Waals surface area contributed by atoms with Crippen molar-refractivity contribution in [2.75, 3.05) is 12.4 Å². The number of fused-ring (bicyclic) bond motifs is 1. The Labute approximate surface area is 148 Å². The van der Waals surface area contributed by atoms with Crippen molar-refractivity contribution in [2.24, 2.45) is 0 Å². The Kier molecular flexibility index (Phi) is 4.19. The summed E-state index contributed by atoms with van der Waals surface area (Å²) in [6, 6.07) is 6.06. The van der Waals surface area contributed by atoms with Gasteiger partial charge in [-0.05, 0) is 42.5 Å². The van der Waals surface area contributed by atoms with E-state index in [1.165, 1.54) is 0 Å². The van der Waals surface area contributed by atoms with Crippen molar-refractivity contribution in [2.45, 2.75) is 46.1 Å². The Morgan fingerprint density at radius 2 is 1.84 bits per heavy atom. The predicted molar refractivity (Wildman–Crippen MR) is 103 cm³/mol. The Morgan fingerprint density at radius 3 is 2.44 bits per heavy atom. The third-order valence-corrected chi connectivity index (χ3v) is 4.50. The van der Waals surface area contributed by atoms with Crippen LogP contribution in [-0.2, 0) is 5.41 Å². The van der Waals surface area contributed by atoms with Gasteiger partial charge in [-0.15, -0.1) is 0 Å². The van der Waals surface area contributed by atoms with E-state index in [1.807, 2.05) is 13.1 Å². The van der Waals surface area contributed by atoms with Crippen LogP contribution >= 0.6 is 0 Å². The van der Waals surface area contributed by atoms with Crippen molar-refractivity contribution >= 4 is 16.9 Å². The molecule has 3 rings (SSSR count). The molecule has 0 saturated carbocycles. The molecule has 0 aliphatic heterocycles. The second kappa shape index (κ2) is 6.06. The van der Waals surface area contributed by atoms with Crippen molar-refractivity contribution in [1.82, 2.24) is 14.5 Å². The first-order valence-corrected chi connectivity index (χ1v) is 8.60. The van der Waals surface area contributed by atoms with Crippen LogP contribution in [-0.4, -0.2) is 26.7 Å². The molecule has 0 atom stereocenters. The van der Waals surface area contributed by atoms with Gasteiger partial charge in [0.15, 0.2) is 0 Å². The maximum Gasteiger partial charge on any atom is 0.146 e. The third-order valence-electron chi connectivity index (χ3n) is 4.50. The number of hydrogen-bond donors (Lipinski definition) is 2. The monoisotopic (exact) mass is 338 g/mol. The van der Waals surface area contributed by atoms with Crippen LogP contribution in [0.2, 0.25) is 0 Å². The van der Waals surface area contributed by atoms with Gasteiger partial charge in [-0.25, -0.2) is 9.97 Å². The van der Waals surface area contributed by atoms with Crippen molar-refractivity contribution in [1.29, 1.82) is 0 Å². The van der Waals surface area contributed by atoms with Crippen LogP contribution in [0.4, 0.5) is 5.82 Å². The molecule has 2 aromatic heterocycles. The average molecular weight is 338 g/mol. The SMILES string of the molecule is CNc1ncnc2c1c(-c1cc(O)cc(C(C)(C)C)c1)cn2C(C)C. The minimum absolute atomic E-state index is 0.0494. The fourth-order valence-corrected chi connectivity index (χ4v) is 3.09. The first-order valence-electron chi connectivity index (χ1n) is 8.60. The first kappa shape index (κ1) is 17.3. The molecule has 25 heavy (non-hydrogen) atoms. The van der Waals surface area contributed by atoms with Crippen LogP contribution < -0.4 is 5.32 Å². The van der Waals surface area contributed by atoms with E-state index in [0.29, 0.717) is 0 Å². The lowest BCUT2D eigenvalue weighted by atomic mass is 9.85. The smallest absolute Gasteiger partial charge is 0.146 e. The minimum atomic E-state index is -0.0494. The van der Waals surface area contributed by atoms with E-state index >= 15 is 0 Å². The molecular formula is C20H26N4O. The molecule has 5 heteroatoms. The highest BCUT2D eigenvalue weighted by molar-refractivity contribution is 6.01. The summed E-state index contributed by atoms with van der Waals surface area (Å²) in [5.74, 6) is 1.07. The third kappa shape index (κ3) is 3.06. The highest BCUT2D eigenvalue weighted by Gasteiger charge is 2.20. The lowest BCUT2D eigenvalue weighted by molar-refractivity contribution is 0.471. The molecule has 2 heterocycles. The number of anilines is 1. The van der Waals surface area contributed by atoms with Gasteiger partial charge in [0.25, 0.3) is 0 Å². The van der Waals surface area contributed by atoms with Gasteiger partial charge in [0.2, 0.25) is 0 Å². The van der Waals surface area contributed by atoms with Crippen molar-refractivity contribution < 1.29 is 5.11 Å². The minimum Gasteiger partial charge on any atom is -0.508 e. The molecule has 0 radical (unpaired) electrons. The maximum absolute atomic E-state index is 10.3. The van der Waals surface area contributed by atoms with E-state index in [2.05, 4.69) is 66.7 Å². The standard InChI is InChI=1S/C20H26N4O/c1-12(2)24-10-16(17-18(21-6)22-11-23-19(17)24)13-7-14(20(3,4)5)9-15(25)8-13/h7-12,25H,1-6H3,(H,21,22,23). The molecule has 0 fully saturated rings. The topological polar surface area (TPSA) is 63.0 Å². The van der Waals surface area contributed by atoms with Crippen molar-refractivity contribution in [3.05, 3.63) is 36.3 Å². The number of benzene rings is 1. The van der Waals surface area contributed by atoms with Gasteiger partial charge in [0, 0.05) is 24.8 Å². The van der Waals surface area contributed by atoms with Crippen LogP contribution in [0.5, 0.6) is 5.75 Å². The molecule has 3 aromatic rings. The van der Waals surface area contributed by atoms with Crippen molar-refractivity contribution in [3.63, 3.8) is 0 Å². The quantitative estimate of drug-likeness (QED) is 0.725. The number of phenols is 1. The predicted octanol–water partition coefficient (Wildman–Crippen LogP) is 4.72. The summed E-state index contributed by atoms with van der Waals surface area (Å²) in [6.45, 7) is 10.7. The van der Waals surface area contributed by atoms with Crippen LogP contribution in [0, 0.1) is 0 Å². The lowest BCUT2D eigenvalue weighted by Crippen LogP contribution is -2.10. The number of nitrogens with one attached hydrogen (secondary N) is 1. The molecule has 0 amide bonds. The van der Waals surface area contributed by atoms with E-state index in [-0.39, 0.29) is 17.2 Å². The summed E-state index contributed by atoms with van der Waals surface area (Å²) in [5, 5.41) is 14.4. The molecule has 2 N–H and O–H groups in total. The normalized spacial score (nSPS) is 12.1. The van der Waals surface area contributed by atoms with E-state index < -0.39 is 0 Å². The lowest BCUT2D eigenvalue weighted by Gasteiger charge is -2.20. The molecule has 132 valence electrons. The van der Waals surface area contributed by atoms with Gasteiger partial charge in [-0.1, -0.05) is 26.8 Å². The fourth-order valence-electron chi connectivity index (χ4n) is 3.09. The van der Waals surface area contributed by atoms with E-state index in [4.69, 9.17) is 0 Å². The number of nitrogens with zero attached hydrogens (tertiary/aromatic N) is 3. The summed E-state index contributed by atoms with van der Waals surface area (Å²) in [4.78, 5) is 8.88.